The highest BCUT2D eigenvalue weighted by Gasteiger charge is 2.57. The number of nitrogens with one attached hydrogen (secondary N) is 2. The van der Waals surface area contributed by atoms with Gasteiger partial charge in [0.2, 0.25) is 0 Å². The summed E-state index contributed by atoms with van der Waals surface area (Å²) < 4.78 is 38.0. The van der Waals surface area contributed by atoms with Crippen LogP contribution in [0.1, 0.15) is 25.0 Å². The topological polar surface area (TPSA) is 161 Å². The Labute approximate surface area is 232 Å². The number of benzene rings is 1. The monoisotopic (exact) mass is 598 g/mol. The van der Waals surface area contributed by atoms with E-state index in [4.69, 9.17) is 18.5 Å². The summed E-state index contributed by atoms with van der Waals surface area (Å²) in [4.78, 5) is 51.2. The third kappa shape index (κ3) is 6.50. The van der Waals surface area contributed by atoms with E-state index in [9.17, 15) is 24.4 Å². The molecule has 0 aliphatic carbocycles. The molecule has 15 heteroatoms. The number of hydrogen-bond acceptors (Lipinski definition) is 11. The summed E-state index contributed by atoms with van der Waals surface area (Å²) in [5.41, 5.74) is -3.16. The number of H-pyrrole nitrogens is 1. The van der Waals surface area contributed by atoms with E-state index in [1.807, 2.05) is 24.0 Å². The fraction of sp³-hybridized carbons (Fsp3) is 0.400. The number of aliphatic hydroxyl groups excluding tert-OH is 1. The van der Waals surface area contributed by atoms with E-state index in [2.05, 4.69) is 5.09 Å². The molecule has 12 nitrogen and oxygen atoms in total. The molecule has 4 N–H and O–H groups in total. The zero-order valence-electron chi connectivity index (χ0n) is 22.1. The molecule has 1 saturated heterocycles. The number of methoxy groups -OCH3 is 1. The van der Waals surface area contributed by atoms with Crippen LogP contribution in [-0.2, 0) is 18.8 Å². The lowest BCUT2D eigenvalue weighted by Gasteiger charge is -2.24. The number of esters is 1. The largest absolute Gasteiger partial charge is 0.544 e. The highest BCUT2D eigenvalue weighted by molar-refractivity contribution is 7.59. The molecular weight excluding hydrogens is 568 g/mol. The molecule has 216 valence electrons. The molecule has 0 amide bonds. The van der Waals surface area contributed by atoms with Crippen LogP contribution in [0, 0.1) is 6.92 Å². The van der Waals surface area contributed by atoms with Crippen LogP contribution in [0.4, 0.5) is 4.39 Å². The van der Waals surface area contributed by atoms with E-state index in [1.165, 1.54) is 14.0 Å². The smallest absolute Gasteiger partial charge is 0.468 e. The standard InChI is InChI=1S/C25H29FN3O9PS/c1-14-5-10-19(40-14)16-6-8-17(9-7-16)38-39(34,28-15(2)22(32)35-4)36-13-18-21(31)25(3,26)23(37-18)29-12-11-20(30)27-24(29)33/h5-12,15,18,21,23,28,31,34H,13H2,1-4H3/p+1/t15-,18+,21+,23+,25+,39?/m0/s1. The van der Waals surface area contributed by atoms with Crippen LogP contribution in [0.15, 0.2) is 58.3 Å². The maximum atomic E-state index is 15.6. The first-order valence-corrected chi connectivity index (χ1v) is 14.5. The summed E-state index contributed by atoms with van der Waals surface area (Å²) in [5.74, 6) is -0.502. The number of aryl methyl sites for hydroxylation is 1. The van der Waals surface area contributed by atoms with Gasteiger partial charge < -0.3 is 14.6 Å². The van der Waals surface area contributed by atoms with E-state index in [0.717, 1.165) is 39.1 Å². The number of carbonyl (C=O) groups excluding carboxylic acids is 1. The number of carbonyl (C=O) groups is 1. The van der Waals surface area contributed by atoms with Crippen molar-refractivity contribution in [3.63, 3.8) is 0 Å². The first-order chi connectivity index (χ1) is 18.8. The summed E-state index contributed by atoms with van der Waals surface area (Å²) in [7, 11) is -2.93. The van der Waals surface area contributed by atoms with Crippen LogP contribution in [0.3, 0.4) is 0 Å². The van der Waals surface area contributed by atoms with E-state index >= 15 is 4.39 Å². The number of rotatable bonds is 10. The average Bonchev–Trinajstić information content (AvgIpc) is 3.43. The van der Waals surface area contributed by atoms with Crippen LogP contribution < -0.4 is 20.9 Å². The third-order valence-electron chi connectivity index (χ3n) is 6.25. The normalized spacial score (nSPS) is 24.8. The predicted molar refractivity (Wildman–Crippen MR) is 146 cm³/mol. The lowest BCUT2D eigenvalue weighted by Crippen LogP contribution is -2.44. The van der Waals surface area contributed by atoms with Gasteiger partial charge in [0, 0.05) is 22.0 Å². The highest BCUT2D eigenvalue weighted by Crippen LogP contribution is 2.54. The maximum Gasteiger partial charge on any atom is 0.544 e. The molecular formula is C25H30FN3O9PS+. The van der Waals surface area contributed by atoms with E-state index < -0.39 is 62.1 Å². The van der Waals surface area contributed by atoms with Crippen molar-refractivity contribution in [2.75, 3.05) is 13.7 Å². The molecule has 3 aromatic rings. The van der Waals surface area contributed by atoms with Gasteiger partial charge in [0.1, 0.15) is 24.9 Å². The fourth-order valence-electron chi connectivity index (χ4n) is 4.11. The van der Waals surface area contributed by atoms with E-state index in [1.54, 1.807) is 35.6 Å². The molecule has 4 rings (SSSR count). The summed E-state index contributed by atoms with van der Waals surface area (Å²) in [6, 6.07) is 10.7. The molecule has 1 fully saturated rings. The second kappa shape index (κ2) is 11.9. The first kappa shape index (κ1) is 30.0. The number of thiophene rings is 1. The maximum absolute atomic E-state index is 15.6. The quantitative estimate of drug-likeness (QED) is 0.202. The van der Waals surface area contributed by atoms with Crippen LogP contribution in [-0.4, -0.2) is 63.2 Å². The molecule has 1 unspecified atom stereocenters. The van der Waals surface area contributed by atoms with Gasteiger partial charge in [-0.3, -0.25) is 23.7 Å². The molecule has 0 saturated carbocycles. The summed E-state index contributed by atoms with van der Waals surface area (Å²) in [5, 5.41) is 13.2. The Kier molecular flexibility index (Phi) is 8.90. The Morgan fingerprint density at radius 2 is 1.98 bits per heavy atom. The highest BCUT2D eigenvalue weighted by atomic mass is 32.1. The number of halogens is 1. The Morgan fingerprint density at radius 3 is 2.58 bits per heavy atom. The molecule has 2 aromatic heterocycles. The zero-order valence-corrected chi connectivity index (χ0v) is 23.8. The second-order valence-electron chi connectivity index (χ2n) is 9.36. The van der Waals surface area contributed by atoms with Crippen molar-refractivity contribution in [2.45, 2.75) is 50.9 Å². The number of hydrogen-bond donors (Lipinski definition) is 4. The van der Waals surface area contributed by atoms with Gasteiger partial charge in [-0.2, -0.15) is 9.42 Å². The van der Waals surface area contributed by atoms with Gasteiger partial charge in [0.15, 0.2) is 17.6 Å². The van der Waals surface area contributed by atoms with Gasteiger partial charge in [0.05, 0.1) is 7.11 Å². The number of aromatic amines is 1. The molecule has 0 spiro atoms. The molecule has 0 bridgehead atoms. The molecule has 6 atom stereocenters. The average molecular weight is 599 g/mol. The molecule has 0 radical (unpaired) electrons. The minimum Gasteiger partial charge on any atom is -0.468 e. The number of aliphatic hydroxyl groups is 1. The third-order valence-corrected chi connectivity index (χ3v) is 8.98. The molecule has 40 heavy (non-hydrogen) atoms. The molecule has 3 heterocycles. The second-order valence-corrected chi connectivity index (χ2v) is 12.4. The van der Waals surface area contributed by atoms with Gasteiger partial charge in [-0.15, -0.1) is 11.3 Å². The van der Waals surface area contributed by atoms with Crippen molar-refractivity contribution in [3.05, 3.63) is 74.4 Å². The van der Waals surface area contributed by atoms with Gasteiger partial charge in [-0.25, -0.2) is 9.18 Å². The van der Waals surface area contributed by atoms with E-state index in [-0.39, 0.29) is 5.75 Å². The predicted octanol–water partition coefficient (Wildman–Crippen LogP) is 2.48. The van der Waals surface area contributed by atoms with Gasteiger partial charge in [-0.1, -0.05) is 5.09 Å². The van der Waals surface area contributed by atoms with Crippen molar-refractivity contribution in [3.8, 4) is 16.2 Å². The van der Waals surface area contributed by atoms with Crippen LogP contribution in [0.25, 0.3) is 10.4 Å². The van der Waals surface area contributed by atoms with Crippen molar-refractivity contribution in [1.82, 2.24) is 14.6 Å². The number of ether oxygens (including phenoxy) is 2. The van der Waals surface area contributed by atoms with Gasteiger partial charge >= 0.3 is 19.8 Å². The minimum absolute atomic E-state index is 0.207. The van der Waals surface area contributed by atoms with Crippen molar-refractivity contribution < 1.29 is 37.7 Å². The molecule has 1 aromatic carbocycles. The summed E-state index contributed by atoms with van der Waals surface area (Å²) in [6.45, 7) is 3.86. The van der Waals surface area contributed by atoms with Crippen LogP contribution >= 0.6 is 19.4 Å². The Morgan fingerprint density at radius 1 is 1.27 bits per heavy atom. The van der Waals surface area contributed by atoms with Crippen LogP contribution in [0.2, 0.25) is 0 Å². The SMILES string of the molecule is COC(=O)[C@H](C)N[P+](O)(OC[C@H]1O[C@@H](n2ccc(=O)[nH]c2=O)[C@](C)(F)[C@@H]1O)Oc1ccc(-c2ccc(C)s2)cc1. The van der Waals surface area contributed by atoms with Gasteiger partial charge in [0.25, 0.3) is 5.56 Å². The zero-order chi connectivity index (χ0) is 29.2. The fourth-order valence-corrected chi connectivity index (χ4v) is 6.52. The lowest BCUT2D eigenvalue weighted by atomic mass is 9.98. The van der Waals surface area contributed by atoms with Crippen LogP contribution in [0.5, 0.6) is 5.75 Å². The lowest BCUT2D eigenvalue weighted by molar-refractivity contribution is -0.142. The summed E-state index contributed by atoms with van der Waals surface area (Å²) >= 11 is 1.62. The van der Waals surface area contributed by atoms with Crippen molar-refractivity contribution in [2.24, 2.45) is 0 Å². The Bertz CT molecular complexity index is 1460. The Balaban J connectivity index is 1.53. The van der Waals surface area contributed by atoms with Crippen molar-refractivity contribution in [1.29, 1.82) is 0 Å². The number of alkyl halides is 1. The van der Waals surface area contributed by atoms with Gasteiger partial charge in [-0.05, 0) is 62.7 Å². The first-order valence-electron chi connectivity index (χ1n) is 12.2. The summed E-state index contributed by atoms with van der Waals surface area (Å²) in [6.07, 6.45) is -3.72. The van der Waals surface area contributed by atoms with Crippen molar-refractivity contribution >= 4 is 25.4 Å². The minimum atomic E-state index is -4.10. The Hall–Kier alpha value is -2.97. The number of nitrogens with zero attached hydrogens (tertiary/aromatic N) is 1. The number of aromatic nitrogens is 2. The molecule has 1 aliphatic heterocycles. The van der Waals surface area contributed by atoms with E-state index in [0.29, 0.717) is 0 Å². The molecule has 1 aliphatic rings.